The summed E-state index contributed by atoms with van der Waals surface area (Å²) in [6, 6.07) is 2.25. The molecule has 0 bridgehead atoms. The van der Waals surface area contributed by atoms with Gasteiger partial charge in [0.05, 0.1) is 18.1 Å². The van der Waals surface area contributed by atoms with Gasteiger partial charge in [0, 0.05) is 31.5 Å². The molecule has 0 saturated carbocycles. The summed E-state index contributed by atoms with van der Waals surface area (Å²) in [6.07, 6.45) is 1.58. The zero-order chi connectivity index (χ0) is 20.3. The van der Waals surface area contributed by atoms with Crippen LogP contribution in [0.2, 0.25) is 0 Å². The van der Waals surface area contributed by atoms with Gasteiger partial charge in [-0.2, -0.15) is 18.3 Å². The molecule has 0 spiro atoms. The van der Waals surface area contributed by atoms with Crippen molar-refractivity contribution >= 4 is 17.5 Å². The maximum atomic E-state index is 13.1. The second-order valence-corrected chi connectivity index (χ2v) is 6.71. The molecule has 1 saturated heterocycles. The number of anilines is 1. The first-order valence-electron chi connectivity index (χ1n) is 8.83. The van der Waals surface area contributed by atoms with E-state index in [1.165, 1.54) is 29.2 Å². The molecule has 0 atom stereocenters. The Morgan fingerprint density at radius 2 is 1.96 bits per heavy atom. The Kier molecular flexibility index (Phi) is 5.66. The molecule has 2 amide bonds. The number of carbonyl (C=O) groups is 2. The second-order valence-electron chi connectivity index (χ2n) is 6.71. The van der Waals surface area contributed by atoms with Gasteiger partial charge in [0.2, 0.25) is 5.91 Å². The van der Waals surface area contributed by atoms with Gasteiger partial charge in [-0.3, -0.25) is 24.2 Å². The van der Waals surface area contributed by atoms with Crippen LogP contribution >= 0.6 is 0 Å². The zero-order valence-electron chi connectivity index (χ0n) is 15.3. The molecular formula is C18H20F3N5O2. The highest BCUT2D eigenvalue weighted by atomic mass is 19.4. The number of nitrogens with zero attached hydrogens (tertiary/aromatic N) is 5. The highest BCUT2D eigenvalue weighted by Gasteiger charge is 2.46. The molecule has 0 aromatic carbocycles. The minimum atomic E-state index is -4.99. The fraction of sp³-hybridized carbons (Fsp3) is 0.444. The average Bonchev–Trinajstić information content (AvgIpc) is 3.07. The Hall–Kier alpha value is -2.91. The number of amides is 2. The minimum absolute atomic E-state index is 0.0757. The molecule has 2 aromatic rings. The van der Waals surface area contributed by atoms with Crippen LogP contribution in [0.4, 0.5) is 18.9 Å². The quantitative estimate of drug-likeness (QED) is 0.796. The average molecular weight is 395 g/mol. The number of aromatic nitrogens is 3. The first-order valence-corrected chi connectivity index (χ1v) is 8.83. The van der Waals surface area contributed by atoms with Gasteiger partial charge in [0.1, 0.15) is 6.54 Å². The number of hydrogen-bond donors (Lipinski definition) is 0. The predicted octanol–water partition coefficient (Wildman–Crippen LogP) is 2.17. The first kappa shape index (κ1) is 19.8. The van der Waals surface area contributed by atoms with Gasteiger partial charge in [0.15, 0.2) is 0 Å². The number of likely N-dealkylation sites (tertiary alicyclic amines) is 1. The van der Waals surface area contributed by atoms with Gasteiger partial charge in [-0.05, 0) is 37.5 Å². The SMILES string of the molecule is Cc1cnn(CC(=O)N2CCC(N(C(=O)C(F)(F)F)c3cccnc3)CC2)c1. The van der Waals surface area contributed by atoms with Crippen molar-refractivity contribution in [3.05, 3.63) is 42.5 Å². The molecule has 2 aromatic heterocycles. The smallest absolute Gasteiger partial charge is 0.341 e. The maximum Gasteiger partial charge on any atom is 0.471 e. The third-order valence-corrected chi connectivity index (χ3v) is 4.63. The van der Waals surface area contributed by atoms with E-state index in [1.54, 1.807) is 17.3 Å². The molecule has 3 rings (SSSR count). The standard InChI is InChI=1S/C18H20F3N5O2/c1-13-9-23-25(11-13)12-16(27)24-7-4-14(5-8-24)26(17(28)18(19,20)21)15-3-2-6-22-10-15/h2-3,6,9-11,14H,4-5,7-8,12H2,1H3. The van der Waals surface area contributed by atoms with Crippen molar-refractivity contribution in [2.24, 2.45) is 0 Å². The van der Waals surface area contributed by atoms with Crippen LogP contribution in [-0.4, -0.2) is 56.8 Å². The number of halogens is 3. The van der Waals surface area contributed by atoms with E-state index in [0.29, 0.717) is 0 Å². The number of piperidine rings is 1. The fourth-order valence-electron chi connectivity index (χ4n) is 3.29. The monoisotopic (exact) mass is 395 g/mol. The topological polar surface area (TPSA) is 71.3 Å². The highest BCUT2D eigenvalue weighted by Crippen LogP contribution is 2.29. The summed E-state index contributed by atoms with van der Waals surface area (Å²) in [5.41, 5.74) is 1.03. The lowest BCUT2D eigenvalue weighted by molar-refractivity contribution is -0.171. The lowest BCUT2D eigenvalue weighted by atomic mass is 10.0. The Balaban J connectivity index is 1.68. The molecule has 1 aliphatic heterocycles. The molecule has 0 radical (unpaired) electrons. The van der Waals surface area contributed by atoms with E-state index in [4.69, 9.17) is 0 Å². The van der Waals surface area contributed by atoms with Gasteiger partial charge in [0.25, 0.3) is 0 Å². The molecule has 0 unspecified atom stereocenters. The van der Waals surface area contributed by atoms with Crippen LogP contribution in [0.5, 0.6) is 0 Å². The van der Waals surface area contributed by atoms with E-state index in [1.807, 2.05) is 6.92 Å². The van der Waals surface area contributed by atoms with E-state index in [9.17, 15) is 22.8 Å². The summed E-state index contributed by atoms with van der Waals surface area (Å²) in [5, 5.41) is 4.07. The van der Waals surface area contributed by atoms with Crippen molar-refractivity contribution in [3.8, 4) is 0 Å². The number of rotatable bonds is 4. The van der Waals surface area contributed by atoms with Crippen molar-refractivity contribution in [2.75, 3.05) is 18.0 Å². The van der Waals surface area contributed by atoms with Crippen LogP contribution in [0.15, 0.2) is 36.9 Å². The van der Waals surface area contributed by atoms with Crippen molar-refractivity contribution in [1.29, 1.82) is 0 Å². The van der Waals surface area contributed by atoms with E-state index in [-0.39, 0.29) is 44.1 Å². The van der Waals surface area contributed by atoms with Gasteiger partial charge < -0.3 is 4.90 Å². The van der Waals surface area contributed by atoms with Crippen molar-refractivity contribution in [3.63, 3.8) is 0 Å². The normalized spacial score (nSPS) is 15.5. The number of pyridine rings is 1. The Bertz CT molecular complexity index is 829. The molecule has 150 valence electrons. The third kappa shape index (κ3) is 4.49. The van der Waals surface area contributed by atoms with Gasteiger partial charge in [-0.15, -0.1) is 0 Å². The predicted molar refractivity (Wildman–Crippen MR) is 94.3 cm³/mol. The molecule has 0 aliphatic carbocycles. The fourth-order valence-corrected chi connectivity index (χ4v) is 3.29. The van der Waals surface area contributed by atoms with Gasteiger partial charge in [-0.25, -0.2) is 0 Å². The maximum absolute atomic E-state index is 13.1. The second kappa shape index (κ2) is 7.99. The summed E-state index contributed by atoms with van der Waals surface area (Å²) in [7, 11) is 0. The number of carbonyl (C=O) groups excluding carboxylic acids is 2. The van der Waals surface area contributed by atoms with Crippen LogP contribution in [-0.2, 0) is 16.1 Å². The molecule has 7 nitrogen and oxygen atoms in total. The molecule has 1 aliphatic rings. The first-order chi connectivity index (χ1) is 13.3. The van der Waals surface area contributed by atoms with E-state index < -0.39 is 18.1 Å². The van der Waals surface area contributed by atoms with Gasteiger partial charge >= 0.3 is 12.1 Å². The van der Waals surface area contributed by atoms with Crippen molar-refractivity contribution in [1.82, 2.24) is 19.7 Å². The molecule has 3 heterocycles. The summed E-state index contributed by atoms with van der Waals surface area (Å²) in [4.78, 5) is 30.6. The van der Waals surface area contributed by atoms with E-state index in [2.05, 4.69) is 10.1 Å². The largest absolute Gasteiger partial charge is 0.471 e. The number of aryl methyl sites for hydroxylation is 1. The third-order valence-electron chi connectivity index (χ3n) is 4.63. The summed E-state index contributed by atoms with van der Waals surface area (Å²) < 4.78 is 40.8. The van der Waals surface area contributed by atoms with Crippen LogP contribution < -0.4 is 4.90 Å². The zero-order valence-corrected chi connectivity index (χ0v) is 15.3. The number of alkyl halides is 3. The van der Waals surface area contributed by atoms with Crippen molar-refractivity contribution < 1.29 is 22.8 Å². The number of hydrogen-bond acceptors (Lipinski definition) is 4. The van der Waals surface area contributed by atoms with Crippen LogP contribution in [0.3, 0.4) is 0 Å². The van der Waals surface area contributed by atoms with Crippen LogP contribution in [0.1, 0.15) is 18.4 Å². The van der Waals surface area contributed by atoms with E-state index >= 15 is 0 Å². The lowest BCUT2D eigenvalue weighted by Crippen LogP contribution is -2.52. The molecule has 1 fully saturated rings. The summed E-state index contributed by atoms with van der Waals surface area (Å²) in [5.74, 6) is -2.08. The molecule has 28 heavy (non-hydrogen) atoms. The van der Waals surface area contributed by atoms with Gasteiger partial charge in [-0.1, -0.05) is 0 Å². The molecule has 0 N–H and O–H groups in total. The minimum Gasteiger partial charge on any atom is -0.341 e. The molecular weight excluding hydrogens is 375 g/mol. The van der Waals surface area contributed by atoms with Crippen LogP contribution in [0.25, 0.3) is 0 Å². The Morgan fingerprint density at radius 1 is 1.25 bits per heavy atom. The van der Waals surface area contributed by atoms with E-state index in [0.717, 1.165) is 10.5 Å². The lowest BCUT2D eigenvalue weighted by Gasteiger charge is -2.38. The van der Waals surface area contributed by atoms with Crippen LogP contribution in [0, 0.1) is 6.92 Å². The highest BCUT2D eigenvalue weighted by molar-refractivity contribution is 5.97. The van der Waals surface area contributed by atoms with Crippen molar-refractivity contribution in [2.45, 2.75) is 38.5 Å². The Morgan fingerprint density at radius 3 is 2.50 bits per heavy atom. The molecule has 10 heteroatoms. The Labute approximate surface area is 159 Å². The summed E-state index contributed by atoms with van der Waals surface area (Å²) >= 11 is 0. The summed E-state index contributed by atoms with van der Waals surface area (Å²) in [6.45, 7) is 2.48.